The first-order valence-corrected chi connectivity index (χ1v) is 2.18. The standard InChI is InChI=1S/C5H10O2.Na.H/c1-5(2,3)7-4-6;;/h4H,1-3H3;;/q;+1;-1. The van der Waals surface area contributed by atoms with Crippen LogP contribution in [0.25, 0.3) is 0 Å². The maximum absolute atomic E-state index is 9.60. The van der Waals surface area contributed by atoms with Gasteiger partial charge in [0, 0.05) is 0 Å². The molecule has 44 valence electrons. The molecule has 0 amide bonds. The van der Waals surface area contributed by atoms with Gasteiger partial charge in [0.2, 0.25) is 0 Å². The van der Waals surface area contributed by atoms with Crippen molar-refractivity contribution in [1.29, 1.82) is 0 Å². The molecule has 0 saturated carbocycles. The molecule has 0 aromatic heterocycles. The zero-order chi connectivity index (χ0) is 5.91. The summed E-state index contributed by atoms with van der Waals surface area (Å²) in [7, 11) is 0. The van der Waals surface area contributed by atoms with Crippen LogP contribution in [0, 0.1) is 0 Å². The fourth-order valence-electron chi connectivity index (χ4n) is 0.144. The van der Waals surface area contributed by atoms with E-state index in [1.165, 1.54) is 0 Å². The Labute approximate surface area is 73.4 Å². The van der Waals surface area contributed by atoms with Crippen LogP contribution in [0.5, 0.6) is 0 Å². The van der Waals surface area contributed by atoms with E-state index < -0.39 is 0 Å². The Morgan fingerprint density at radius 1 is 1.50 bits per heavy atom. The molecule has 0 heterocycles. The summed E-state index contributed by atoms with van der Waals surface area (Å²) >= 11 is 0. The molecule has 0 atom stereocenters. The molecule has 0 N–H and O–H groups in total. The number of hydrogen-bond donors (Lipinski definition) is 0. The van der Waals surface area contributed by atoms with E-state index in [4.69, 9.17) is 0 Å². The smallest absolute Gasteiger partial charge is 1.00 e. The zero-order valence-corrected chi connectivity index (χ0v) is 7.89. The molecule has 0 unspecified atom stereocenters. The molecule has 0 rings (SSSR count). The number of rotatable bonds is 1. The van der Waals surface area contributed by atoms with Crippen LogP contribution < -0.4 is 29.6 Å². The van der Waals surface area contributed by atoms with Gasteiger partial charge >= 0.3 is 29.6 Å². The minimum atomic E-state index is -0.318. The predicted octanol–water partition coefficient (Wildman–Crippen LogP) is -1.93. The Balaban J connectivity index is -0.000000180. The molecular weight excluding hydrogens is 115 g/mol. The maximum atomic E-state index is 9.60. The summed E-state index contributed by atoms with van der Waals surface area (Å²) in [6.45, 7) is 5.92. The van der Waals surface area contributed by atoms with Crippen LogP contribution in [-0.4, -0.2) is 12.1 Å². The topological polar surface area (TPSA) is 26.3 Å². The fourth-order valence-corrected chi connectivity index (χ4v) is 0.144. The van der Waals surface area contributed by atoms with Gasteiger partial charge in [-0.1, -0.05) is 0 Å². The fraction of sp³-hybridized carbons (Fsp3) is 0.800. The SMILES string of the molecule is CC(C)(C)OC=O.[H-].[Na+]. The quantitative estimate of drug-likeness (QED) is 0.302. The van der Waals surface area contributed by atoms with Crippen molar-refractivity contribution in [3.8, 4) is 0 Å². The average Bonchev–Trinajstić information content (AvgIpc) is 1.30. The predicted molar refractivity (Wildman–Crippen MR) is 28.0 cm³/mol. The van der Waals surface area contributed by atoms with Gasteiger partial charge in [0.05, 0.1) is 0 Å². The third kappa shape index (κ3) is 9.69. The van der Waals surface area contributed by atoms with Gasteiger partial charge in [-0.2, -0.15) is 0 Å². The van der Waals surface area contributed by atoms with Gasteiger partial charge in [-0.15, -0.1) is 0 Å². The summed E-state index contributed by atoms with van der Waals surface area (Å²) in [5, 5.41) is 0. The van der Waals surface area contributed by atoms with Crippen molar-refractivity contribution in [1.82, 2.24) is 0 Å². The third-order valence-corrected chi connectivity index (χ3v) is 0.402. The largest absolute Gasteiger partial charge is 1.00 e. The first kappa shape index (κ1) is 11.3. The number of carbonyl (C=O) groups is 1. The van der Waals surface area contributed by atoms with E-state index in [1.807, 2.05) is 20.8 Å². The van der Waals surface area contributed by atoms with Crippen LogP contribution in [0.2, 0.25) is 0 Å². The van der Waals surface area contributed by atoms with Gasteiger partial charge in [0.1, 0.15) is 5.60 Å². The van der Waals surface area contributed by atoms with Crippen molar-refractivity contribution >= 4 is 6.47 Å². The summed E-state index contributed by atoms with van der Waals surface area (Å²) in [5.74, 6) is 0. The van der Waals surface area contributed by atoms with E-state index in [9.17, 15) is 4.79 Å². The molecular formula is C5H11NaO2. The molecule has 0 aliphatic rings. The Hall–Kier alpha value is 0.470. The number of ether oxygens (including phenoxy) is 1. The van der Waals surface area contributed by atoms with Gasteiger partial charge in [-0.05, 0) is 20.8 Å². The van der Waals surface area contributed by atoms with E-state index in [2.05, 4.69) is 4.74 Å². The summed E-state index contributed by atoms with van der Waals surface area (Å²) in [6, 6.07) is 0. The van der Waals surface area contributed by atoms with Crippen molar-refractivity contribution in [2.75, 3.05) is 0 Å². The molecule has 0 aromatic carbocycles. The van der Waals surface area contributed by atoms with Crippen LogP contribution in [0.15, 0.2) is 0 Å². The second kappa shape index (κ2) is 4.36. The summed E-state index contributed by atoms with van der Waals surface area (Å²) in [4.78, 5) is 9.60. The average molecular weight is 126 g/mol. The Morgan fingerprint density at radius 3 is 1.88 bits per heavy atom. The number of hydrogen-bond acceptors (Lipinski definition) is 2. The van der Waals surface area contributed by atoms with Crippen LogP contribution in [0.3, 0.4) is 0 Å². The third-order valence-electron chi connectivity index (χ3n) is 0.402. The van der Waals surface area contributed by atoms with Gasteiger partial charge in [0.25, 0.3) is 6.47 Å². The minimum absolute atomic E-state index is 0. The normalized spacial score (nSPS) is 9.38. The molecule has 0 bridgehead atoms. The van der Waals surface area contributed by atoms with Gasteiger partial charge in [-0.3, -0.25) is 4.79 Å². The summed E-state index contributed by atoms with van der Waals surface area (Å²) in [5.41, 5.74) is -0.318. The van der Waals surface area contributed by atoms with Gasteiger partial charge in [0.15, 0.2) is 0 Å². The van der Waals surface area contributed by atoms with Crippen molar-refractivity contribution in [2.24, 2.45) is 0 Å². The van der Waals surface area contributed by atoms with Crippen LogP contribution in [0.1, 0.15) is 22.2 Å². The molecule has 8 heavy (non-hydrogen) atoms. The molecule has 0 aromatic rings. The summed E-state index contributed by atoms with van der Waals surface area (Å²) in [6.07, 6.45) is 0. The minimum Gasteiger partial charge on any atom is -1.00 e. The molecule has 2 nitrogen and oxygen atoms in total. The Morgan fingerprint density at radius 2 is 1.88 bits per heavy atom. The van der Waals surface area contributed by atoms with E-state index in [-0.39, 0.29) is 36.6 Å². The molecule has 0 spiro atoms. The van der Waals surface area contributed by atoms with Crippen molar-refractivity contribution in [2.45, 2.75) is 26.4 Å². The van der Waals surface area contributed by atoms with Crippen molar-refractivity contribution in [3.63, 3.8) is 0 Å². The number of carbonyl (C=O) groups excluding carboxylic acids is 1. The summed E-state index contributed by atoms with van der Waals surface area (Å²) < 4.78 is 4.55. The molecule has 0 aliphatic carbocycles. The van der Waals surface area contributed by atoms with Gasteiger partial charge in [-0.25, -0.2) is 0 Å². The van der Waals surface area contributed by atoms with E-state index in [0.717, 1.165) is 0 Å². The molecule has 0 radical (unpaired) electrons. The van der Waals surface area contributed by atoms with Gasteiger partial charge < -0.3 is 6.16 Å². The maximum Gasteiger partial charge on any atom is 1.00 e. The van der Waals surface area contributed by atoms with E-state index >= 15 is 0 Å². The van der Waals surface area contributed by atoms with E-state index in [0.29, 0.717) is 6.47 Å². The Kier molecular flexibility index (Phi) is 6.15. The van der Waals surface area contributed by atoms with E-state index in [1.54, 1.807) is 0 Å². The molecule has 0 aliphatic heterocycles. The second-order valence-electron chi connectivity index (χ2n) is 2.33. The first-order chi connectivity index (χ1) is 3.06. The van der Waals surface area contributed by atoms with Crippen molar-refractivity contribution in [3.05, 3.63) is 0 Å². The first-order valence-electron chi connectivity index (χ1n) is 2.18. The van der Waals surface area contributed by atoms with Crippen LogP contribution in [-0.2, 0) is 9.53 Å². The molecule has 0 fully saturated rings. The molecule has 3 heteroatoms. The van der Waals surface area contributed by atoms with Crippen LogP contribution >= 0.6 is 0 Å². The second-order valence-corrected chi connectivity index (χ2v) is 2.33. The Bertz CT molecular complexity index is 69.8. The monoisotopic (exact) mass is 126 g/mol. The zero-order valence-electron chi connectivity index (χ0n) is 6.89. The molecule has 0 saturated heterocycles. The van der Waals surface area contributed by atoms with Crippen LogP contribution in [0.4, 0.5) is 0 Å². The van der Waals surface area contributed by atoms with Crippen molar-refractivity contribution < 1.29 is 40.5 Å².